The molecule has 2 saturated carbocycles. The number of rotatable bonds is 2. The number of benzene rings is 1. The second-order valence-electron chi connectivity index (χ2n) is 6.07. The first-order chi connectivity index (χ1) is 9.93. The second-order valence-corrected chi connectivity index (χ2v) is 7.23. The fraction of sp³-hybridized carbons (Fsp3) is 0.471. The molecule has 2 aliphatic carbocycles. The number of carbonyl (C=O) groups is 3. The Morgan fingerprint density at radius 1 is 1.10 bits per heavy atom. The maximum atomic E-state index is 12.7. The Balaban J connectivity index is 2.08. The van der Waals surface area contributed by atoms with E-state index < -0.39 is 5.92 Å². The molecule has 0 saturated heterocycles. The van der Waals surface area contributed by atoms with Gasteiger partial charge in [-0.25, -0.2) is 0 Å². The van der Waals surface area contributed by atoms with Crippen molar-refractivity contribution in [1.29, 1.82) is 0 Å². The molecule has 2 atom stereocenters. The van der Waals surface area contributed by atoms with E-state index in [9.17, 15) is 14.4 Å². The Morgan fingerprint density at radius 3 is 2.19 bits per heavy atom. The van der Waals surface area contributed by atoms with E-state index in [2.05, 4.69) is 28.7 Å². The predicted molar refractivity (Wildman–Crippen MR) is 87.3 cm³/mol. The maximum absolute atomic E-state index is 12.7. The van der Waals surface area contributed by atoms with Crippen molar-refractivity contribution >= 4 is 39.9 Å². The van der Waals surface area contributed by atoms with Crippen LogP contribution in [-0.4, -0.2) is 17.3 Å². The summed E-state index contributed by atoms with van der Waals surface area (Å²) in [4.78, 5) is 36.9. The Labute approximate surface area is 137 Å². The lowest BCUT2D eigenvalue weighted by Crippen LogP contribution is -2.20. The second kappa shape index (κ2) is 5.30. The summed E-state index contributed by atoms with van der Waals surface area (Å²) in [5, 5.41) is 0. The average Bonchev–Trinajstić information content (AvgIpc) is 2.90. The summed E-state index contributed by atoms with van der Waals surface area (Å²) in [5.74, 6) is -1.39. The molecule has 2 unspecified atom stereocenters. The van der Waals surface area contributed by atoms with Gasteiger partial charge in [0.2, 0.25) is 0 Å². The summed E-state index contributed by atoms with van der Waals surface area (Å²) < 4.78 is 0.988. The molecule has 2 fully saturated rings. The summed E-state index contributed by atoms with van der Waals surface area (Å²) in [6, 6.07) is 4.09. The Morgan fingerprint density at radius 2 is 1.67 bits per heavy atom. The zero-order valence-electron chi connectivity index (χ0n) is 12.1. The zero-order chi connectivity index (χ0) is 15.3. The SMILES string of the molecule is CCc1cc(C)cc(I)c1C1C(=O)C2CC(=O)CC2C1=O. The maximum Gasteiger partial charge on any atom is 0.152 e. The third kappa shape index (κ3) is 2.28. The topological polar surface area (TPSA) is 51.2 Å². The number of Topliss-reactive ketones (excluding diaryl/α,β-unsaturated/α-hetero) is 3. The van der Waals surface area contributed by atoms with Crippen LogP contribution in [0.4, 0.5) is 0 Å². The number of hydrogen-bond donors (Lipinski definition) is 0. The number of fused-ring (bicyclic) bond motifs is 1. The highest BCUT2D eigenvalue weighted by Gasteiger charge is 2.54. The van der Waals surface area contributed by atoms with E-state index in [0.717, 1.165) is 26.7 Å². The van der Waals surface area contributed by atoms with Crippen molar-refractivity contribution in [2.75, 3.05) is 0 Å². The summed E-state index contributed by atoms with van der Waals surface area (Å²) in [6.07, 6.45) is 1.32. The summed E-state index contributed by atoms with van der Waals surface area (Å²) in [5.41, 5.74) is 3.12. The van der Waals surface area contributed by atoms with E-state index in [4.69, 9.17) is 0 Å². The van der Waals surface area contributed by atoms with Gasteiger partial charge in [-0.15, -0.1) is 0 Å². The summed E-state index contributed by atoms with van der Waals surface area (Å²) >= 11 is 2.22. The molecular formula is C17H17IO3. The molecule has 0 aliphatic heterocycles. The zero-order valence-corrected chi connectivity index (χ0v) is 14.3. The first-order valence-corrected chi connectivity index (χ1v) is 8.40. The van der Waals surface area contributed by atoms with Crippen molar-refractivity contribution in [2.24, 2.45) is 11.8 Å². The van der Waals surface area contributed by atoms with E-state index in [0.29, 0.717) is 0 Å². The monoisotopic (exact) mass is 396 g/mol. The molecule has 0 bridgehead atoms. The normalized spacial score (nSPS) is 28.3. The molecule has 0 heterocycles. The van der Waals surface area contributed by atoms with Crippen LogP contribution >= 0.6 is 22.6 Å². The van der Waals surface area contributed by atoms with Crippen LogP contribution in [0.5, 0.6) is 0 Å². The third-order valence-corrected chi connectivity index (χ3v) is 5.60. The number of ketones is 3. The fourth-order valence-corrected chi connectivity index (χ4v) is 4.90. The average molecular weight is 396 g/mol. The molecule has 0 amide bonds. The minimum Gasteiger partial charge on any atom is -0.300 e. The minimum absolute atomic E-state index is 0.0349. The van der Waals surface area contributed by atoms with Gasteiger partial charge in [0, 0.05) is 28.2 Å². The molecule has 110 valence electrons. The lowest BCUT2D eigenvalue weighted by atomic mass is 9.87. The van der Waals surface area contributed by atoms with Gasteiger partial charge in [-0.3, -0.25) is 14.4 Å². The molecule has 21 heavy (non-hydrogen) atoms. The number of aryl methyl sites for hydroxylation is 2. The van der Waals surface area contributed by atoms with Crippen LogP contribution in [0.25, 0.3) is 0 Å². The fourth-order valence-electron chi connectivity index (χ4n) is 3.75. The van der Waals surface area contributed by atoms with Crippen LogP contribution in [0.15, 0.2) is 12.1 Å². The molecule has 3 rings (SSSR count). The van der Waals surface area contributed by atoms with Crippen LogP contribution in [0.3, 0.4) is 0 Å². The largest absolute Gasteiger partial charge is 0.300 e. The van der Waals surface area contributed by atoms with Crippen molar-refractivity contribution in [1.82, 2.24) is 0 Å². The van der Waals surface area contributed by atoms with Crippen molar-refractivity contribution in [3.8, 4) is 0 Å². The first-order valence-electron chi connectivity index (χ1n) is 7.32. The first kappa shape index (κ1) is 14.9. The Kier molecular flexibility index (Phi) is 3.76. The standard InChI is InChI=1S/C17H17IO3/c1-3-9-4-8(2)5-13(18)14(9)15-16(20)11-6-10(19)7-12(11)17(15)21/h4-5,11-12,15H,3,6-7H2,1-2H3. The number of carbonyl (C=O) groups excluding carboxylic acids is 3. The van der Waals surface area contributed by atoms with Crippen molar-refractivity contribution in [2.45, 2.75) is 39.0 Å². The highest BCUT2D eigenvalue weighted by atomic mass is 127. The third-order valence-electron chi connectivity index (χ3n) is 4.71. The minimum atomic E-state index is -0.643. The van der Waals surface area contributed by atoms with Gasteiger partial charge in [-0.2, -0.15) is 0 Å². The molecule has 0 radical (unpaired) electrons. The highest BCUT2D eigenvalue weighted by molar-refractivity contribution is 14.1. The lowest BCUT2D eigenvalue weighted by Gasteiger charge is -2.17. The van der Waals surface area contributed by atoms with Crippen LogP contribution in [0.1, 0.15) is 42.4 Å². The molecule has 0 aromatic heterocycles. The molecule has 4 heteroatoms. The molecule has 1 aromatic rings. The smallest absolute Gasteiger partial charge is 0.152 e. The van der Waals surface area contributed by atoms with E-state index in [1.165, 1.54) is 0 Å². The van der Waals surface area contributed by atoms with Gasteiger partial charge in [0.15, 0.2) is 11.6 Å². The van der Waals surface area contributed by atoms with Gasteiger partial charge >= 0.3 is 0 Å². The molecule has 2 aliphatic rings. The van der Waals surface area contributed by atoms with Gasteiger partial charge in [-0.1, -0.05) is 13.0 Å². The van der Waals surface area contributed by atoms with Gasteiger partial charge in [-0.05, 0) is 58.7 Å². The summed E-state index contributed by atoms with van der Waals surface area (Å²) in [7, 11) is 0. The van der Waals surface area contributed by atoms with E-state index in [1.54, 1.807) is 0 Å². The number of hydrogen-bond acceptors (Lipinski definition) is 3. The van der Waals surface area contributed by atoms with Gasteiger partial charge in [0.1, 0.15) is 11.7 Å². The van der Waals surface area contributed by atoms with Crippen LogP contribution in [0, 0.1) is 22.3 Å². The molecule has 0 spiro atoms. The Hall–Kier alpha value is -1.04. The Bertz CT molecular complexity index is 636. The van der Waals surface area contributed by atoms with E-state index in [1.807, 2.05) is 19.9 Å². The van der Waals surface area contributed by atoms with E-state index in [-0.39, 0.29) is 42.0 Å². The van der Waals surface area contributed by atoms with Crippen LogP contribution in [0.2, 0.25) is 0 Å². The van der Waals surface area contributed by atoms with Gasteiger partial charge in [0.05, 0.1) is 0 Å². The lowest BCUT2D eigenvalue weighted by molar-refractivity contribution is -0.128. The van der Waals surface area contributed by atoms with Gasteiger partial charge < -0.3 is 0 Å². The van der Waals surface area contributed by atoms with Crippen molar-refractivity contribution < 1.29 is 14.4 Å². The summed E-state index contributed by atoms with van der Waals surface area (Å²) in [6.45, 7) is 4.07. The van der Waals surface area contributed by atoms with Crippen LogP contribution in [-0.2, 0) is 20.8 Å². The van der Waals surface area contributed by atoms with Crippen molar-refractivity contribution in [3.63, 3.8) is 0 Å². The highest BCUT2D eigenvalue weighted by Crippen LogP contribution is 2.46. The quantitative estimate of drug-likeness (QED) is 0.571. The number of halogens is 1. The van der Waals surface area contributed by atoms with Crippen molar-refractivity contribution in [3.05, 3.63) is 32.4 Å². The van der Waals surface area contributed by atoms with Gasteiger partial charge in [0.25, 0.3) is 0 Å². The molecule has 3 nitrogen and oxygen atoms in total. The van der Waals surface area contributed by atoms with E-state index >= 15 is 0 Å². The molecule has 1 aromatic carbocycles. The molecular weight excluding hydrogens is 379 g/mol. The van der Waals surface area contributed by atoms with Crippen LogP contribution < -0.4 is 0 Å². The predicted octanol–water partition coefficient (Wildman–Crippen LogP) is 2.99. The molecule has 0 N–H and O–H groups in total.